The number of allylic oxidation sites excluding steroid dienone is 1. The molecule has 0 saturated heterocycles. The second-order valence-corrected chi connectivity index (χ2v) is 5.89. The average molecular weight is 369 g/mol. The van der Waals surface area contributed by atoms with E-state index in [2.05, 4.69) is 15.3 Å². The van der Waals surface area contributed by atoms with Crippen molar-refractivity contribution in [3.05, 3.63) is 64.7 Å². The maximum Gasteiger partial charge on any atom is 0.335 e. The summed E-state index contributed by atoms with van der Waals surface area (Å²) in [6.45, 7) is 0.264. The fourth-order valence-corrected chi connectivity index (χ4v) is 2.76. The summed E-state index contributed by atoms with van der Waals surface area (Å²) in [7, 11) is 0. The number of carbonyl (C=O) groups is 3. The number of carboxylic acid groups (broad SMARTS) is 3. The van der Waals surface area contributed by atoms with E-state index in [-0.39, 0.29) is 35.4 Å². The summed E-state index contributed by atoms with van der Waals surface area (Å²) in [5, 5.41) is 30.7. The van der Waals surface area contributed by atoms with E-state index in [1.807, 2.05) is 0 Å². The molecule has 2 aliphatic heterocycles. The molecule has 0 saturated carbocycles. The van der Waals surface area contributed by atoms with Crippen LogP contribution in [0.1, 0.15) is 28.5 Å². The summed E-state index contributed by atoms with van der Waals surface area (Å²) < 4.78 is 0. The molecule has 0 aromatic carbocycles. The average Bonchev–Trinajstić information content (AvgIpc) is 2.67. The van der Waals surface area contributed by atoms with Crippen LogP contribution in [0, 0.1) is 0 Å². The maximum absolute atomic E-state index is 11.5. The predicted octanol–water partition coefficient (Wildman–Crippen LogP) is 1.17. The lowest BCUT2D eigenvalue weighted by Gasteiger charge is -2.22. The van der Waals surface area contributed by atoms with Gasteiger partial charge in [-0.1, -0.05) is 6.08 Å². The Hall–Kier alpha value is -3.75. The second kappa shape index (κ2) is 7.24. The molecule has 27 heavy (non-hydrogen) atoms. The van der Waals surface area contributed by atoms with Crippen LogP contribution in [0.5, 0.6) is 0 Å². The number of nitrogens with one attached hydrogen (secondary N) is 1. The van der Waals surface area contributed by atoms with Gasteiger partial charge < -0.3 is 20.6 Å². The molecule has 0 amide bonds. The quantitative estimate of drug-likeness (QED) is 0.604. The molecule has 0 aliphatic carbocycles. The van der Waals surface area contributed by atoms with Crippen molar-refractivity contribution in [2.24, 2.45) is 4.99 Å². The molecule has 3 rings (SSSR count). The van der Waals surface area contributed by atoms with Crippen LogP contribution >= 0.6 is 0 Å². The van der Waals surface area contributed by atoms with Crippen molar-refractivity contribution < 1.29 is 29.7 Å². The monoisotopic (exact) mass is 369 g/mol. The van der Waals surface area contributed by atoms with Gasteiger partial charge in [-0.25, -0.2) is 14.4 Å². The van der Waals surface area contributed by atoms with E-state index >= 15 is 0 Å². The smallest absolute Gasteiger partial charge is 0.335 e. The van der Waals surface area contributed by atoms with Gasteiger partial charge in [0.05, 0.1) is 34.3 Å². The van der Waals surface area contributed by atoms with E-state index in [1.54, 1.807) is 0 Å². The van der Waals surface area contributed by atoms with Crippen molar-refractivity contribution in [2.75, 3.05) is 6.54 Å². The number of carboxylic acids is 3. The first-order valence-electron chi connectivity index (χ1n) is 7.95. The van der Waals surface area contributed by atoms with E-state index in [0.29, 0.717) is 11.4 Å². The lowest BCUT2D eigenvalue weighted by Crippen LogP contribution is -2.27. The minimum Gasteiger partial charge on any atom is -0.478 e. The summed E-state index contributed by atoms with van der Waals surface area (Å²) in [5.74, 6) is -3.35. The first kappa shape index (κ1) is 18.1. The number of aliphatic imine (C=N–C) groups is 1. The van der Waals surface area contributed by atoms with Gasteiger partial charge in [0.25, 0.3) is 0 Å². The van der Waals surface area contributed by atoms with Crippen molar-refractivity contribution in [1.82, 2.24) is 10.3 Å². The van der Waals surface area contributed by atoms with Crippen LogP contribution in [0.4, 0.5) is 0 Å². The Morgan fingerprint density at radius 1 is 1.07 bits per heavy atom. The Labute approximate surface area is 153 Å². The maximum atomic E-state index is 11.5. The molecule has 2 aliphatic rings. The minimum absolute atomic E-state index is 0.0225. The number of rotatable bonds is 5. The Morgan fingerprint density at radius 3 is 2.52 bits per heavy atom. The molecule has 9 heteroatoms. The summed E-state index contributed by atoms with van der Waals surface area (Å²) in [6.07, 6.45) is 5.62. The first-order valence-corrected chi connectivity index (χ1v) is 7.95. The number of aromatic carboxylic acids is 1. The van der Waals surface area contributed by atoms with Gasteiger partial charge in [0, 0.05) is 24.7 Å². The molecule has 1 aromatic rings. The number of aliphatic carboxylic acids is 2. The van der Waals surface area contributed by atoms with Gasteiger partial charge in [0.15, 0.2) is 0 Å². The third-order valence-corrected chi connectivity index (χ3v) is 4.10. The largest absolute Gasteiger partial charge is 0.478 e. The second-order valence-electron chi connectivity index (χ2n) is 5.89. The Kier molecular flexibility index (Phi) is 4.84. The molecule has 1 aromatic heterocycles. The van der Waals surface area contributed by atoms with Gasteiger partial charge in [0.1, 0.15) is 0 Å². The van der Waals surface area contributed by atoms with Crippen molar-refractivity contribution in [2.45, 2.75) is 12.5 Å². The zero-order valence-corrected chi connectivity index (χ0v) is 13.9. The van der Waals surface area contributed by atoms with Gasteiger partial charge in [0.2, 0.25) is 0 Å². The van der Waals surface area contributed by atoms with Gasteiger partial charge >= 0.3 is 17.9 Å². The Bertz CT molecular complexity index is 958. The zero-order valence-electron chi connectivity index (χ0n) is 13.9. The molecule has 9 nitrogen and oxygen atoms in total. The highest BCUT2D eigenvalue weighted by Crippen LogP contribution is 2.30. The van der Waals surface area contributed by atoms with Crippen LogP contribution in [0.3, 0.4) is 0 Å². The normalized spacial score (nSPS) is 19.0. The number of nitrogens with zero attached hydrogens (tertiary/aromatic N) is 2. The summed E-state index contributed by atoms with van der Waals surface area (Å²) in [6, 6.07) is 1.99. The van der Waals surface area contributed by atoms with Crippen LogP contribution in [-0.2, 0) is 9.59 Å². The molecule has 138 valence electrons. The highest BCUT2D eigenvalue weighted by atomic mass is 16.4. The number of pyridine rings is 1. The zero-order chi connectivity index (χ0) is 19.6. The minimum atomic E-state index is -1.13. The van der Waals surface area contributed by atoms with E-state index in [4.69, 9.17) is 10.2 Å². The third kappa shape index (κ3) is 3.92. The van der Waals surface area contributed by atoms with Crippen LogP contribution < -0.4 is 5.32 Å². The number of hydrogen-bond acceptors (Lipinski definition) is 6. The SMILES string of the molecule is O=C(O)C1=CCNC(C2=NC(c3cc(C(=O)O)ccn3)CC(C(=O)O)=C2)=C1. The number of dihydropyridines is 2. The summed E-state index contributed by atoms with van der Waals surface area (Å²) in [5.41, 5.74) is 1.15. The highest BCUT2D eigenvalue weighted by Gasteiger charge is 2.26. The lowest BCUT2D eigenvalue weighted by molar-refractivity contribution is -0.133. The molecular weight excluding hydrogens is 354 g/mol. The van der Waals surface area contributed by atoms with E-state index in [1.165, 1.54) is 36.6 Å². The van der Waals surface area contributed by atoms with Gasteiger partial charge in [-0.15, -0.1) is 0 Å². The Balaban J connectivity index is 2.02. The molecule has 4 N–H and O–H groups in total. The molecule has 0 radical (unpaired) electrons. The van der Waals surface area contributed by atoms with Gasteiger partial charge in [-0.3, -0.25) is 9.98 Å². The van der Waals surface area contributed by atoms with Crippen LogP contribution in [-0.4, -0.2) is 50.5 Å². The molecular formula is C18H15N3O6. The van der Waals surface area contributed by atoms with Crippen molar-refractivity contribution in [1.29, 1.82) is 0 Å². The van der Waals surface area contributed by atoms with E-state index < -0.39 is 23.9 Å². The number of aromatic nitrogens is 1. The summed E-state index contributed by atoms with van der Waals surface area (Å²) in [4.78, 5) is 42.5. The highest BCUT2D eigenvalue weighted by molar-refractivity contribution is 6.13. The Morgan fingerprint density at radius 2 is 1.85 bits per heavy atom. The van der Waals surface area contributed by atoms with Crippen LogP contribution in [0.15, 0.2) is 58.4 Å². The third-order valence-electron chi connectivity index (χ3n) is 4.10. The first-order chi connectivity index (χ1) is 12.8. The molecule has 1 unspecified atom stereocenters. The fourth-order valence-electron chi connectivity index (χ4n) is 2.76. The lowest BCUT2D eigenvalue weighted by atomic mass is 9.96. The molecule has 0 fully saturated rings. The van der Waals surface area contributed by atoms with Gasteiger partial charge in [-0.05, 0) is 24.3 Å². The van der Waals surface area contributed by atoms with Gasteiger partial charge in [-0.2, -0.15) is 0 Å². The molecule has 3 heterocycles. The van der Waals surface area contributed by atoms with Crippen molar-refractivity contribution >= 4 is 23.6 Å². The predicted molar refractivity (Wildman–Crippen MR) is 93.5 cm³/mol. The van der Waals surface area contributed by atoms with Crippen LogP contribution in [0.2, 0.25) is 0 Å². The molecule has 0 bridgehead atoms. The van der Waals surface area contributed by atoms with Crippen molar-refractivity contribution in [3.63, 3.8) is 0 Å². The number of hydrogen-bond donors (Lipinski definition) is 4. The fraction of sp³-hybridized carbons (Fsp3) is 0.167. The van der Waals surface area contributed by atoms with E-state index in [0.717, 1.165) is 0 Å². The van der Waals surface area contributed by atoms with Crippen LogP contribution in [0.25, 0.3) is 0 Å². The molecule has 0 spiro atoms. The topological polar surface area (TPSA) is 149 Å². The molecule has 1 atom stereocenters. The van der Waals surface area contributed by atoms with Crippen molar-refractivity contribution in [3.8, 4) is 0 Å². The standard InChI is InChI=1S/C18H15N3O6/c22-16(23)9-1-3-19-12(5-9)14-7-11(18(26)27)8-15(21-14)13-6-10(17(24)25)2-4-20-13/h1-3,5-6,8,14,20H,4,7H2,(H,22,23)(H,24,25)(H,26,27). The van der Waals surface area contributed by atoms with E-state index in [9.17, 15) is 19.5 Å². The summed E-state index contributed by atoms with van der Waals surface area (Å²) >= 11 is 0.